The van der Waals surface area contributed by atoms with Crippen molar-refractivity contribution in [1.82, 2.24) is 4.90 Å². The van der Waals surface area contributed by atoms with Gasteiger partial charge < -0.3 is 18.9 Å². The zero-order valence-corrected chi connectivity index (χ0v) is 19.6. The third kappa shape index (κ3) is 3.58. The van der Waals surface area contributed by atoms with Gasteiger partial charge in [-0.3, -0.25) is 4.90 Å². The standard InChI is InChI=1S/C27H24ClNO5/c1-31-23-7-6-18-10-22-20-12-25-24(32-15-33-25)11-19(20)8-9-29(22)14-21(18)26(23)34-27(30)17-4-2-16(13-28)3-5-17/h2-7,11-12,22H,8-10,13-15H2,1H3. The molecule has 0 saturated heterocycles. The molecule has 1 unspecified atom stereocenters. The Morgan fingerprint density at radius 3 is 2.65 bits per heavy atom. The topological polar surface area (TPSA) is 57.2 Å². The molecule has 0 aromatic heterocycles. The van der Waals surface area contributed by atoms with Crippen LogP contribution < -0.4 is 18.9 Å². The van der Waals surface area contributed by atoms with E-state index in [-0.39, 0.29) is 12.8 Å². The number of ether oxygens (including phenoxy) is 4. The molecule has 3 aromatic rings. The van der Waals surface area contributed by atoms with Crippen molar-refractivity contribution in [3.63, 3.8) is 0 Å². The van der Waals surface area contributed by atoms with Gasteiger partial charge in [0.15, 0.2) is 23.0 Å². The largest absolute Gasteiger partial charge is 0.493 e. The van der Waals surface area contributed by atoms with E-state index in [9.17, 15) is 4.79 Å². The first-order chi connectivity index (χ1) is 16.6. The van der Waals surface area contributed by atoms with E-state index in [1.54, 1.807) is 19.2 Å². The molecule has 3 aliphatic heterocycles. The van der Waals surface area contributed by atoms with Crippen LogP contribution in [-0.2, 0) is 25.3 Å². The average Bonchev–Trinajstić information content (AvgIpc) is 3.34. The van der Waals surface area contributed by atoms with Crippen LogP contribution in [0.25, 0.3) is 0 Å². The summed E-state index contributed by atoms with van der Waals surface area (Å²) in [6.45, 7) is 1.87. The Kier molecular flexibility index (Phi) is 5.35. The van der Waals surface area contributed by atoms with Crippen molar-refractivity contribution in [1.29, 1.82) is 0 Å². The van der Waals surface area contributed by atoms with Crippen LogP contribution in [0.2, 0.25) is 0 Å². The minimum absolute atomic E-state index is 0.241. The monoisotopic (exact) mass is 477 g/mol. The van der Waals surface area contributed by atoms with E-state index >= 15 is 0 Å². The fourth-order valence-electron chi connectivity index (χ4n) is 5.15. The van der Waals surface area contributed by atoms with Crippen molar-refractivity contribution in [3.8, 4) is 23.0 Å². The van der Waals surface area contributed by atoms with Crippen molar-refractivity contribution in [3.05, 3.63) is 81.9 Å². The van der Waals surface area contributed by atoms with E-state index in [4.69, 9.17) is 30.5 Å². The number of halogens is 1. The van der Waals surface area contributed by atoms with Gasteiger partial charge in [-0.05, 0) is 65.4 Å². The minimum atomic E-state index is -0.411. The van der Waals surface area contributed by atoms with Gasteiger partial charge in [0, 0.05) is 30.6 Å². The summed E-state index contributed by atoms with van der Waals surface area (Å²) in [7, 11) is 1.60. The minimum Gasteiger partial charge on any atom is -0.493 e. The molecule has 0 fully saturated rings. The summed E-state index contributed by atoms with van der Waals surface area (Å²) in [5, 5.41) is 0. The van der Waals surface area contributed by atoms with Crippen LogP contribution in [0.5, 0.6) is 23.0 Å². The SMILES string of the molecule is COc1ccc2c(c1OC(=O)c1ccc(CCl)cc1)CN1CCc3cc4c(cc3C1C2)OCO4. The summed E-state index contributed by atoms with van der Waals surface area (Å²) in [5.74, 6) is 2.70. The molecule has 174 valence electrons. The highest BCUT2D eigenvalue weighted by molar-refractivity contribution is 6.17. The third-order valence-electron chi connectivity index (χ3n) is 6.96. The number of methoxy groups -OCH3 is 1. The van der Waals surface area contributed by atoms with Crippen LogP contribution in [0.4, 0.5) is 0 Å². The van der Waals surface area contributed by atoms with Gasteiger partial charge in [-0.25, -0.2) is 4.79 Å². The Bertz CT molecular complexity index is 1270. The molecule has 1 atom stereocenters. The predicted molar refractivity (Wildman–Crippen MR) is 127 cm³/mol. The molecule has 3 aliphatic rings. The van der Waals surface area contributed by atoms with Gasteiger partial charge in [0.25, 0.3) is 0 Å². The number of carbonyl (C=O) groups excluding carboxylic acids is 1. The smallest absolute Gasteiger partial charge is 0.343 e. The molecule has 0 spiro atoms. The van der Waals surface area contributed by atoms with Crippen LogP contribution in [0.1, 0.15) is 44.2 Å². The molecule has 0 bridgehead atoms. The first-order valence-corrected chi connectivity index (χ1v) is 11.9. The number of nitrogens with zero attached hydrogens (tertiary/aromatic N) is 1. The number of carbonyl (C=O) groups is 1. The number of esters is 1. The quantitative estimate of drug-likeness (QED) is 0.298. The number of benzene rings is 3. The molecule has 3 heterocycles. The number of alkyl halides is 1. The summed E-state index contributed by atoms with van der Waals surface area (Å²) >= 11 is 5.87. The van der Waals surface area contributed by atoms with E-state index in [1.807, 2.05) is 18.2 Å². The molecule has 7 heteroatoms. The molecule has 0 N–H and O–H groups in total. The van der Waals surface area contributed by atoms with Gasteiger partial charge >= 0.3 is 5.97 Å². The first-order valence-electron chi connectivity index (χ1n) is 11.4. The predicted octanol–water partition coefficient (Wildman–Crippen LogP) is 5.04. The number of rotatable bonds is 4. The fourth-order valence-corrected chi connectivity index (χ4v) is 5.33. The molecule has 34 heavy (non-hydrogen) atoms. The molecule has 3 aromatic carbocycles. The van der Waals surface area contributed by atoms with Gasteiger partial charge in [-0.2, -0.15) is 0 Å². The lowest BCUT2D eigenvalue weighted by Crippen LogP contribution is -2.39. The van der Waals surface area contributed by atoms with E-state index < -0.39 is 5.97 Å². The summed E-state index contributed by atoms with van der Waals surface area (Å²) in [4.78, 5) is 15.4. The van der Waals surface area contributed by atoms with Crippen molar-refractivity contribution in [2.24, 2.45) is 0 Å². The molecule has 0 radical (unpaired) electrons. The summed E-state index contributed by atoms with van der Waals surface area (Å²) < 4.78 is 22.7. The Morgan fingerprint density at radius 2 is 1.88 bits per heavy atom. The summed E-state index contributed by atoms with van der Waals surface area (Å²) in [5.41, 5.74) is 6.19. The molecule has 0 amide bonds. The van der Waals surface area contributed by atoms with Crippen molar-refractivity contribution in [2.45, 2.75) is 31.3 Å². The molecule has 0 aliphatic carbocycles. The molecular weight excluding hydrogens is 454 g/mol. The second kappa shape index (κ2) is 8.53. The third-order valence-corrected chi connectivity index (χ3v) is 7.27. The van der Waals surface area contributed by atoms with Crippen molar-refractivity contribution in [2.75, 3.05) is 20.4 Å². The van der Waals surface area contributed by atoms with Gasteiger partial charge in [0.2, 0.25) is 6.79 Å². The Hall–Kier alpha value is -3.22. The highest BCUT2D eigenvalue weighted by Crippen LogP contribution is 2.46. The van der Waals surface area contributed by atoms with Crippen LogP contribution in [-0.4, -0.2) is 31.3 Å². The van der Waals surface area contributed by atoms with Gasteiger partial charge in [0.1, 0.15) is 0 Å². The number of fused-ring (bicyclic) bond motifs is 5. The number of hydrogen-bond acceptors (Lipinski definition) is 6. The second-order valence-corrected chi connectivity index (χ2v) is 9.07. The highest BCUT2D eigenvalue weighted by Gasteiger charge is 2.36. The van der Waals surface area contributed by atoms with Crippen LogP contribution in [0.15, 0.2) is 48.5 Å². The van der Waals surface area contributed by atoms with Crippen molar-refractivity contribution < 1.29 is 23.7 Å². The van der Waals surface area contributed by atoms with E-state index in [1.165, 1.54) is 11.1 Å². The van der Waals surface area contributed by atoms with E-state index in [2.05, 4.69) is 23.1 Å². The Morgan fingerprint density at radius 1 is 1.09 bits per heavy atom. The molecule has 0 saturated carbocycles. The lowest BCUT2D eigenvalue weighted by molar-refractivity contribution is 0.0722. The normalized spacial score (nSPS) is 18.0. The summed E-state index contributed by atoms with van der Waals surface area (Å²) in [6, 6.07) is 15.6. The maximum Gasteiger partial charge on any atom is 0.343 e. The zero-order chi connectivity index (χ0) is 23.2. The second-order valence-electron chi connectivity index (χ2n) is 8.80. The lowest BCUT2D eigenvalue weighted by atomic mass is 9.83. The average molecular weight is 478 g/mol. The molecular formula is C27H24ClNO5. The van der Waals surface area contributed by atoms with Gasteiger partial charge in [-0.15, -0.1) is 11.6 Å². The van der Waals surface area contributed by atoms with Gasteiger partial charge in [-0.1, -0.05) is 18.2 Å². The highest BCUT2D eigenvalue weighted by atomic mass is 35.5. The van der Waals surface area contributed by atoms with Crippen LogP contribution >= 0.6 is 11.6 Å². The van der Waals surface area contributed by atoms with Crippen LogP contribution in [0, 0.1) is 0 Å². The lowest BCUT2D eigenvalue weighted by Gasteiger charge is -2.42. The van der Waals surface area contributed by atoms with Gasteiger partial charge in [0.05, 0.1) is 12.7 Å². The van der Waals surface area contributed by atoms with Crippen molar-refractivity contribution >= 4 is 17.6 Å². The number of hydrogen-bond donors (Lipinski definition) is 0. The molecule has 6 rings (SSSR count). The van der Waals surface area contributed by atoms with E-state index in [0.717, 1.165) is 47.6 Å². The zero-order valence-electron chi connectivity index (χ0n) is 18.8. The fraction of sp³-hybridized carbons (Fsp3) is 0.296. The van der Waals surface area contributed by atoms with E-state index in [0.29, 0.717) is 29.5 Å². The maximum absolute atomic E-state index is 13.0. The maximum atomic E-state index is 13.0. The first kappa shape index (κ1) is 21.3. The molecule has 6 nitrogen and oxygen atoms in total. The summed E-state index contributed by atoms with van der Waals surface area (Å²) in [6.07, 6.45) is 1.75. The van der Waals surface area contributed by atoms with Crippen LogP contribution in [0.3, 0.4) is 0 Å². The Labute approximate surface area is 202 Å². The Balaban J connectivity index is 1.33.